The number of hydrogen-bond acceptors (Lipinski definition) is 6. The van der Waals surface area contributed by atoms with Crippen LogP contribution in [-0.2, 0) is 19.6 Å². The van der Waals surface area contributed by atoms with Gasteiger partial charge in [-0.1, -0.05) is 12.1 Å². The lowest BCUT2D eigenvalue weighted by atomic mass is 10.0. The molecule has 0 unspecified atom stereocenters. The molecular weight excluding hydrogens is 370 g/mol. The van der Waals surface area contributed by atoms with E-state index in [0.29, 0.717) is 42.8 Å². The molecule has 1 aromatic carbocycles. The Bertz CT molecular complexity index is 913. The number of carbonyl (C=O) groups excluding carboxylic acids is 2. The van der Waals surface area contributed by atoms with Crippen molar-refractivity contribution in [3.63, 3.8) is 0 Å². The van der Waals surface area contributed by atoms with Crippen LogP contribution in [0.2, 0.25) is 0 Å². The molecule has 0 atom stereocenters. The van der Waals surface area contributed by atoms with Crippen LogP contribution in [-0.4, -0.2) is 54.9 Å². The molecule has 0 amide bonds. The number of piperidine rings is 1. The van der Waals surface area contributed by atoms with Gasteiger partial charge in [-0.3, -0.25) is 5.10 Å². The molecule has 1 N–H and O–H groups in total. The molecular formula is C18H21N3O5S. The average Bonchev–Trinajstić information content (AvgIpc) is 3.18. The molecule has 27 heavy (non-hydrogen) atoms. The predicted molar refractivity (Wildman–Crippen MR) is 97.5 cm³/mol. The van der Waals surface area contributed by atoms with E-state index in [1.807, 2.05) is 0 Å². The highest BCUT2D eigenvalue weighted by Crippen LogP contribution is 2.26. The number of nitrogens with one attached hydrogen (secondary N) is 1. The summed E-state index contributed by atoms with van der Waals surface area (Å²) in [7, 11) is -3.61. The standard InChI is InChI=1S/C18H21N3O5S/c1-2-26-18(23)16-11-19-20-17(16)14-3-5-15(6-4-14)27(24,25)21-9-7-13(12-22)8-10-21/h3-6,11-13H,2,7-10H2,1H3,(H,19,20). The average molecular weight is 391 g/mol. The van der Waals surface area contributed by atoms with Gasteiger partial charge in [0.25, 0.3) is 0 Å². The number of H-pyrrole nitrogens is 1. The molecule has 0 aliphatic carbocycles. The van der Waals surface area contributed by atoms with Crippen molar-refractivity contribution in [1.82, 2.24) is 14.5 Å². The van der Waals surface area contributed by atoms with Crippen LogP contribution < -0.4 is 0 Å². The molecule has 0 radical (unpaired) electrons. The third kappa shape index (κ3) is 3.93. The molecule has 3 rings (SSSR count). The lowest BCUT2D eigenvalue weighted by Gasteiger charge is -2.28. The molecule has 2 heterocycles. The number of aromatic amines is 1. The summed E-state index contributed by atoms with van der Waals surface area (Å²) in [5, 5.41) is 6.63. The summed E-state index contributed by atoms with van der Waals surface area (Å²) in [6.45, 7) is 2.64. The molecule has 1 aliphatic rings. The Hall–Kier alpha value is -2.52. The molecule has 8 nitrogen and oxygen atoms in total. The molecule has 2 aromatic rings. The first-order valence-corrected chi connectivity index (χ1v) is 10.2. The first-order chi connectivity index (χ1) is 13.0. The second-order valence-electron chi connectivity index (χ2n) is 6.28. The number of benzene rings is 1. The van der Waals surface area contributed by atoms with Gasteiger partial charge in [0.15, 0.2) is 0 Å². The summed E-state index contributed by atoms with van der Waals surface area (Å²) in [5.74, 6) is -0.559. The summed E-state index contributed by atoms with van der Waals surface area (Å²) < 4.78 is 32.0. The number of aromatic nitrogens is 2. The van der Waals surface area contributed by atoms with Crippen LogP contribution in [0.4, 0.5) is 0 Å². The van der Waals surface area contributed by atoms with Crippen LogP contribution in [0.15, 0.2) is 35.4 Å². The molecule has 1 aliphatic heterocycles. The topological polar surface area (TPSA) is 109 Å². The highest BCUT2D eigenvalue weighted by Gasteiger charge is 2.29. The maximum absolute atomic E-state index is 12.8. The summed E-state index contributed by atoms with van der Waals surface area (Å²) in [6.07, 6.45) is 3.36. The van der Waals surface area contributed by atoms with E-state index in [4.69, 9.17) is 4.74 Å². The Labute approximate surface area is 157 Å². The van der Waals surface area contributed by atoms with Crippen molar-refractivity contribution in [2.45, 2.75) is 24.7 Å². The molecule has 0 bridgehead atoms. The monoisotopic (exact) mass is 391 g/mol. The molecule has 9 heteroatoms. The Balaban J connectivity index is 1.81. The Morgan fingerprint density at radius 3 is 2.56 bits per heavy atom. The second-order valence-corrected chi connectivity index (χ2v) is 8.22. The minimum absolute atomic E-state index is 0.0690. The maximum atomic E-state index is 12.8. The van der Waals surface area contributed by atoms with Gasteiger partial charge in [0.05, 0.1) is 23.4 Å². The van der Waals surface area contributed by atoms with Gasteiger partial charge in [0.2, 0.25) is 10.0 Å². The van der Waals surface area contributed by atoms with E-state index < -0.39 is 16.0 Å². The van der Waals surface area contributed by atoms with Gasteiger partial charge in [-0.15, -0.1) is 0 Å². The van der Waals surface area contributed by atoms with Crippen LogP contribution in [0.1, 0.15) is 30.1 Å². The quantitative estimate of drug-likeness (QED) is 0.594. The summed E-state index contributed by atoms with van der Waals surface area (Å²) in [6, 6.07) is 6.26. The lowest BCUT2D eigenvalue weighted by Crippen LogP contribution is -2.38. The van der Waals surface area contributed by atoms with E-state index in [0.717, 1.165) is 6.29 Å². The minimum atomic E-state index is -3.61. The highest BCUT2D eigenvalue weighted by atomic mass is 32.2. The molecule has 1 aromatic heterocycles. The van der Waals surface area contributed by atoms with Crippen molar-refractivity contribution < 1.29 is 22.7 Å². The Morgan fingerprint density at radius 2 is 1.96 bits per heavy atom. The summed E-state index contributed by atoms with van der Waals surface area (Å²) >= 11 is 0. The minimum Gasteiger partial charge on any atom is -0.462 e. The summed E-state index contributed by atoms with van der Waals surface area (Å²) in [5.41, 5.74) is 1.40. The number of esters is 1. The number of sulfonamides is 1. The number of ether oxygens (including phenoxy) is 1. The fraction of sp³-hybridized carbons (Fsp3) is 0.389. The van der Waals surface area contributed by atoms with Gasteiger partial charge in [-0.25, -0.2) is 13.2 Å². The van der Waals surface area contributed by atoms with Crippen LogP contribution in [0.25, 0.3) is 11.3 Å². The third-order valence-electron chi connectivity index (χ3n) is 4.61. The second kappa shape index (κ2) is 8.01. The van der Waals surface area contributed by atoms with Gasteiger partial charge >= 0.3 is 5.97 Å². The van der Waals surface area contributed by atoms with E-state index in [-0.39, 0.29) is 17.4 Å². The molecule has 144 valence electrons. The fourth-order valence-corrected chi connectivity index (χ4v) is 4.53. The normalized spacial score (nSPS) is 16.2. The maximum Gasteiger partial charge on any atom is 0.341 e. The number of hydrogen-bond donors (Lipinski definition) is 1. The first kappa shape index (κ1) is 19.2. The van der Waals surface area contributed by atoms with E-state index in [1.165, 1.54) is 22.6 Å². The van der Waals surface area contributed by atoms with E-state index in [9.17, 15) is 18.0 Å². The Kier molecular flexibility index (Phi) is 5.71. The third-order valence-corrected chi connectivity index (χ3v) is 6.52. The zero-order chi connectivity index (χ0) is 19.4. The summed E-state index contributed by atoms with van der Waals surface area (Å²) in [4.78, 5) is 23.0. The van der Waals surface area contributed by atoms with E-state index in [1.54, 1.807) is 19.1 Å². The highest BCUT2D eigenvalue weighted by molar-refractivity contribution is 7.89. The van der Waals surface area contributed by atoms with Crippen molar-refractivity contribution in [3.05, 3.63) is 36.0 Å². The molecule has 1 fully saturated rings. The number of carbonyl (C=O) groups is 2. The van der Waals surface area contributed by atoms with Gasteiger partial charge in [-0.05, 0) is 31.9 Å². The SMILES string of the molecule is CCOC(=O)c1cn[nH]c1-c1ccc(S(=O)(=O)N2CCC(C=O)CC2)cc1. The van der Waals surface area contributed by atoms with E-state index >= 15 is 0 Å². The van der Waals surface area contributed by atoms with Crippen molar-refractivity contribution in [2.24, 2.45) is 5.92 Å². The zero-order valence-electron chi connectivity index (χ0n) is 14.9. The van der Waals surface area contributed by atoms with Crippen LogP contribution in [0.3, 0.4) is 0 Å². The smallest absolute Gasteiger partial charge is 0.341 e. The number of rotatable bonds is 6. The van der Waals surface area contributed by atoms with Gasteiger partial charge in [-0.2, -0.15) is 9.40 Å². The zero-order valence-corrected chi connectivity index (χ0v) is 15.7. The molecule has 0 saturated carbocycles. The largest absolute Gasteiger partial charge is 0.462 e. The van der Waals surface area contributed by atoms with Gasteiger partial charge in [0, 0.05) is 24.6 Å². The predicted octanol–water partition coefficient (Wildman–Crippen LogP) is 1.85. The Morgan fingerprint density at radius 1 is 1.30 bits per heavy atom. The first-order valence-electron chi connectivity index (χ1n) is 8.73. The van der Waals surface area contributed by atoms with Crippen molar-refractivity contribution in [1.29, 1.82) is 0 Å². The van der Waals surface area contributed by atoms with E-state index in [2.05, 4.69) is 10.2 Å². The van der Waals surface area contributed by atoms with Crippen molar-refractivity contribution in [3.8, 4) is 11.3 Å². The lowest BCUT2D eigenvalue weighted by molar-refractivity contribution is -0.112. The van der Waals surface area contributed by atoms with Gasteiger partial charge < -0.3 is 9.53 Å². The number of nitrogens with zero attached hydrogens (tertiary/aromatic N) is 2. The van der Waals surface area contributed by atoms with Gasteiger partial charge in [0.1, 0.15) is 11.8 Å². The fourth-order valence-electron chi connectivity index (χ4n) is 3.06. The van der Waals surface area contributed by atoms with Crippen molar-refractivity contribution in [2.75, 3.05) is 19.7 Å². The van der Waals surface area contributed by atoms with Crippen LogP contribution in [0, 0.1) is 5.92 Å². The van der Waals surface area contributed by atoms with Crippen molar-refractivity contribution >= 4 is 22.3 Å². The van der Waals surface area contributed by atoms with Crippen LogP contribution >= 0.6 is 0 Å². The van der Waals surface area contributed by atoms with Crippen LogP contribution in [0.5, 0.6) is 0 Å². The molecule has 0 spiro atoms. The molecule has 1 saturated heterocycles. The number of aldehydes is 1.